The quantitative estimate of drug-likeness (QED) is 0.803. The van der Waals surface area contributed by atoms with Gasteiger partial charge in [-0.1, -0.05) is 0 Å². The molecule has 1 aromatic rings. The molecule has 0 bridgehead atoms. The zero-order chi connectivity index (χ0) is 14.2. The van der Waals surface area contributed by atoms with Gasteiger partial charge in [0.2, 0.25) is 10.0 Å². The van der Waals surface area contributed by atoms with E-state index < -0.39 is 20.7 Å². The molecule has 106 valence electrons. The van der Waals surface area contributed by atoms with E-state index in [0.717, 1.165) is 16.4 Å². The van der Waals surface area contributed by atoms with Gasteiger partial charge < -0.3 is 10.8 Å². The number of sulfonamides is 1. The highest BCUT2D eigenvalue weighted by atomic mass is 32.2. The van der Waals surface area contributed by atoms with Crippen molar-refractivity contribution in [2.45, 2.75) is 23.8 Å². The number of nitrogen functional groups attached to an aromatic ring is 1. The highest BCUT2D eigenvalue weighted by molar-refractivity contribution is 7.89. The van der Waals surface area contributed by atoms with Gasteiger partial charge in [0.25, 0.3) is 0 Å². The van der Waals surface area contributed by atoms with E-state index in [-0.39, 0.29) is 24.3 Å². The van der Waals surface area contributed by atoms with Crippen molar-refractivity contribution in [3.05, 3.63) is 24.0 Å². The molecule has 0 aromatic heterocycles. The lowest BCUT2D eigenvalue weighted by molar-refractivity contribution is 0.0367. The maximum Gasteiger partial charge on any atom is 0.245 e. The molecule has 5 nitrogen and oxygen atoms in total. The van der Waals surface area contributed by atoms with Gasteiger partial charge >= 0.3 is 0 Å². The van der Waals surface area contributed by atoms with Crippen LogP contribution in [0.1, 0.15) is 12.8 Å². The molecule has 0 spiro atoms. The molecule has 0 saturated heterocycles. The summed E-state index contributed by atoms with van der Waals surface area (Å²) in [6.07, 6.45) is 0.823. The lowest BCUT2D eigenvalue weighted by atomic mass is 9.82. The summed E-state index contributed by atoms with van der Waals surface area (Å²) in [5.74, 6) is -0.686. The molecule has 0 unspecified atom stereocenters. The van der Waals surface area contributed by atoms with Crippen molar-refractivity contribution in [3.8, 4) is 0 Å². The minimum absolute atomic E-state index is 0.124. The van der Waals surface area contributed by atoms with Gasteiger partial charge in [-0.3, -0.25) is 0 Å². The molecular weight excluding hydrogens is 271 g/mol. The number of nitrogens with zero attached hydrogens (tertiary/aromatic N) is 1. The van der Waals surface area contributed by atoms with Crippen LogP contribution < -0.4 is 5.73 Å². The average molecular weight is 288 g/mol. The molecule has 1 aromatic carbocycles. The fourth-order valence-electron chi connectivity index (χ4n) is 2.20. The van der Waals surface area contributed by atoms with E-state index in [0.29, 0.717) is 12.8 Å². The Balaban J connectivity index is 2.19. The molecule has 1 fully saturated rings. The van der Waals surface area contributed by atoms with Gasteiger partial charge in [-0.15, -0.1) is 0 Å². The molecule has 7 heteroatoms. The zero-order valence-electron chi connectivity index (χ0n) is 10.6. The smallest absolute Gasteiger partial charge is 0.245 e. The van der Waals surface area contributed by atoms with Crippen LogP contribution in [-0.2, 0) is 10.0 Å². The predicted molar refractivity (Wildman–Crippen MR) is 69.4 cm³/mol. The minimum Gasteiger partial charge on any atom is -0.399 e. The molecule has 0 heterocycles. The third-order valence-electron chi connectivity index (χ3n) is 3.37. The maximum absolute atomic E-state index is 13.6. The van der Waals surface area contributed by atoms with E-state index in [1.807, 2.05) is 0 Å². The van der Waals surface area contributed by atoms with Gasteiger partial charge in [0, 0.05) is 19.3 Å². The number of anilines is 1. The van der Waals surface area contributed by atoms with E-state index in [2.05, 4.69) is 0 Å². The van der Waals surface area contributed by atoms with Gasteiger partial charge in [0.1, 0.15) is 10.7 Å². The molecule has 1 aliphatic rings. The molecule has 0 atom stereocenters. The molecule has 2 rings (SSSR count). The molecule has 19 heavy (non-hydrogen) atoms. The zero-order valence-corrected chi connectivity index (χ0v) is 11.4. The number of rotatable bonds is 4. The normalized spacial score (nSPS) is 23.4. The monoisotopic (exact) mass is 288 g/mol. The summed E-state index contributed by atoms with van der Waals surface area (Å²) >= 11 is 0. The van der Waals surface area contributed by atoms with Crippen LogP contribution in [0, 0.1) is 11.7 Å². The van der Waals surface area contributed by atoms with Crippen molar-refractivity contribution in [1.29, 1.82) is 0 Å². The Labute approximate surface area is 111 Å². The summed E-state index contributed by atoms with van der Waals surface area (Å²) < 4.78 is 39.2. The van der Waals surface area contributed by atoms with Crippen LogP contribution in [-0.4, -0.2) is 37.5 Å². The largest absolute Gasteiger partial charge is 0.399 e. The lowest BCUT2D eigenvalue weighted by Crippen LogP contribution is -2.39. The van der Waals surface area contributed by atoms with Crippen molar-refractivity contribution >= 4 is 15.7 Å². The van der Waals surface area contributed by atoms with Crippen LogP contribution in [0.25, 0.3) is 0 Å². The van der Waals surface area contributed by atoms with Crippen LogP contribution in [0.15, 0.2) is 23.1 Å². The Hall–Kier alpha value is -1.18. The fraction of sp³-hybridized carbons (Fsp3) is 0.500. The van der Waals surface area contributed by atoms with Crippen LogP contribution in [0.2, 0.25) is 0 Å². The Kier molecular flexibility index (Phi) is 3.80. The SMILES string of the molecule is CN(CC1CC(O)C1)S(=O)(=O)c1cc(N)ccc1F. The van der Waals surface area contributed by atoms with Crippen LogP contribution in [0.3, 0.4) is 0 Å². The van der Waals surface area contributed by atoms with Gasteiger partial charge in [0.05, 0.1) is 6.10 Å². The first-order valence-corrected chi connectivity index (χ1v) is 7.44. The highest BCUT2D eigenvalue weighted by Crippen LogP contribution is 2.29. The first-order valence-electron chi connectivity index (χ1n) is 6.00. The summed E-state index contributed by atoms with van der Waals surface area (Å²) in [5.41, 5.74) is 5.70. The summed E-state index contributed by atoms with van der Waals surface area (Å²) in [7, 11) is -2.48. The third kappa shape index (κ3) is 2.88. The Morgan fingerprint density at radius 3 is 2.68 bits per heavy atom. The van der Waals surface area contributed by atoms with Crippen molar-refractivity contribution < 1.29 is 17.9 Å². The summed E-state index contributed by atoms with van der Waals surface area (Å²) in [4.78, 5) is -0.408. The Morgan fingerprint density at radius 1 is 1.47 bits per heavy atom. The summed E-state index contributed by atoms with van der Waals surface area (Å²) in [6.45, 7) is 0.271. The van der Waals surface area contributed by atoms with Crippen molar-refractivity contribution in [3.63, 3.8) is 0 Å². The Morgan fingerprint density at radius 2 is 2.11 bits per heavy atom. The number of halogens is 1. The second kappa shape index (κ2) is 5.07. The van der Waals surface area contributed by atoms with Crippen molar-refractivity contribution in [2.75, 3.05) is 19.3 Å². The Bertz CT molecular complexity index is 570. The van der Waals surface area contributed by atoms with E-state index >= 15 is 0 Å². The summed E-state index contributed by atoms with van der Waals surface area (Å²) in [5, 5.41) is 9.19. The fourth-order valence-corrected chi connectivity index (χ4v) is 3.54. The highest BCUT2D eigenvalue weighted by Gasteiger charge is 2.32. The van der Waals surface area contributed by atoms with Gasteiger partial charge in [-0.05, 0) is 37.0 Å². The topological polar surface area (TPSA) is 83.6 Å². The predicted octanol–water partition coefficient (Wildman–Crippen LogP) is 0.799. The number of hydrogen-bond acceptors (Lipinski definition) is 4. The van der Waals surface area contributed by atoms with E-state index in [1.165, 1.54) is 13.1 Å². The van der Waals surface area contributed by atoms with Crippen LogP contribution in [0.5, 0.6) is 0 Å². The second-order valence-electron chi connectivity index (χ2n) is 4.97. The number of benzene rings is 1. The molecule has 3 N–H and O–H groups in total. The number of nitrogens with two attached hydrogens (primary N) is 1. The second-order valence-corrected chi connectivity index (χ2v) is 6.98. The molecule has 1 saturated carbocycles. The molecule has 1 aliphatic carbocycles. The van der Waals surface area contributed by atoms with E-state index in [1.54, 1.807) is 0 Å². The maximum atomic E-state index is 13.6. The van der Waals surface area contributed by atoms with E-state index in [4.69, 9.17) is 5.73 Å². The van der Waals surface area contributed by atoms with Crippen molar-refractivity contribution in [2.24, 2.45) is 5.92 Å². The van der Waals surface area contributed by atoms with E-state index in [9.17, 15) is 17.9 Å². The molecule has 0 aliphatic heterocycles. The van der Waals surface area contributed by atoms with Crippen LogP contribution >= 0.6 is 0 Å². The van der Waals surface area contributed by atoms with Gasteiger partial charge in [-0.2, -0.15) is 0 Å². The number of aliphatic hydroxyl groups excluding tert-OH is 1. The standard InChI is InChI=1S/C12H17FN2O3S/c1-15(7-8-4-10(16)5-8)19(17,18)12-6-9(14)2-3-11(12)13/h2-3,6,8,10,16H,4-5,7,14H2,1H3. The summed E-state index contributed by atoms with van der Waals surface area (Å²) in [6, 6.07) is 3.48. The first kappa shape index (κ1) is 14.2. The number of hydrogen-bond donors (Lipinski definition) is 2. The number of aliphatic hydroxyl groups is 1. The average Bonchev–Trinajstić information content (AvgIpc) is 2.30. The lowest BCUT2D eigenvalue weighted by Gasteiger charge is -2.34. The first-order chi connectivity index (χ1) is 8.80. The molecular formula is C12H17FN2O3S. The molecule has 0 radical (unpaired) electrons. The van der Waals surface area contributed by atoms with Crippen molar-refractivity contribution in [1.82, 2.24) is 4.31 Å². The minimum atomic E-state index is -3.88. The third-order valence-corrected chi connectivity index (χ3v) is 5.21. The molecule has 0 amide bonds. The van der Waals surface area contributed by atoms with Gasteiger partial charge in [0.15, 0.2) is 0 Å². The van der Waals surface area contributed by atoms with Crippen LogP contribution in [0.4, 0.5) is 10.1 Å². The van der Waals surface area contributed by atoms with Gasteiger partial charge in [-0.25, -0.2) is 17.1 Å².